The maximum Gasteiger partial charge on any atom is 0.412 e. The van der Waals surface area contributed by atoms with Crippen molar-refractivity contribution in [3.05, 3.63) is 12.3 Å². The quantitative estimate of drug-likeness (QED) is 0.856. The highest BCUT2D eigenvalue weighted by atomic mass is 16.6. The number of hydrogen-bond donors (Lipinski definition) is 2. The molecule has 0 radical (unpaired) electrons. The highest BCUT2D eigenvalue weighted by Crippen LogP contribution is 2.28. The van der Waals surface area contributed by atoms with Crippen molar-refractivity contribution in [1.29, 1.82) is 0 Å². The van der Waals surface area contributed by atoms with Crippen LogP contribution in [0, 0.1) is 5.92 Å². The lowest BCUT2D eigenvalue weighted by Gasteiger charge is -2.26. The zero-order valence-electron chi connectivity index (χ0n) is 14.3. The Kier molecular flexibility index (Phi) is 5.61. The number of nitrogens with zero attached hydrogens (tertiary/aromatic N) is 1. The molecule has 2 N–H and O–H groups in total. The summed E-state index contributed by atoms with van der Waals surface area (Å²) in [4.78, 5) is 27.3. The summed E-state index contributed by atoms with van der Waals surface area (Å²) in [7, 11) is 0. The van der Waals surface area contributed by atoms with Crippen LogP contribution < -0.4 is 15.4 Å². The van der Waals surface area contributed by atoms with Gasteiger partial charge in [0.25, 0.3) is 0 Å². The van der Waals surface area contributed by atoms with Gasteiger partial charge in [0.15, 0.2) is 5.75 Å². The number of carbonyl (C=O) groups excluding carboxylic acids is 2. The molecular weight excluding hydrogens is 314 g/mol. The van der Waals surface area contributed by atoms with Crippen molar-refractivity contribution >= 4 is 23.5 Å². The van der Waals surface area contributed by atoms with E-state index >= 15 is 0 Å². The van der Waals surface area contributed by atoms with Crippen LogP contribution in [0.1, 0.15) is 27.7 Å². The molecule has 0 aromatic carbocycles. The lowest BCUT2D eigenvalue weighted by Crippen LogP contribution is -2.33. The van der Waals surface area contributed by atoms with E-state index in [-0.39, 0.29) is 5.91 Å². The van der Waals surface area contributed by atoms with Crippen molar-refractivity contribution in [2.24, 2.45) is 5.92 Å². The average molecular weight is 337 g/mol. The van der Waals surface area contributed by atoms with Crippen LogP contribution in [-0.4, -0.2) is 42.4 Å². The first-order chi connectivity index (χ1) is 11.2. The molecule has 1 saturated heterocycles. The minimum atomic E-state index is -0.623. The third kappa shape index (κ3) is 5.69. The molecule has 8 nitrogen and oxygen atoms in total. The van der Waals surface area contributed by atoms with E-state index in [0.29, 0.717) is 43.0 Å². The fourth-order valence-electron chi connectivity index (χ4n) is 1.91. The van der Waals surface area contributed by atoms with E-state index in [1.807, 2.05) is 0 Å². The largest absolute Gasteiger partial charge is 0.489 e. The van der Waals surface area contributed by atoms with Crippen LogP contribution in [-0.2, 0) is 14.3 Å². The molecule has 0 aliphatic carbocycles. The molecule has 1 aliphatic heterocycles. The van der Waals surface area contributed by atoms with Crippen LogP contribution in [0.2, 0.25) is 0 Å². The molecule has 2 heterocycles. The second-order valence-electron chi connectivity index (χ2n) is 6.59. The number of aromatic nitrogens is 1. The van der Waals surface area contributed by atoms with Crippen LogP contribution in [0.25, 0.3) is 0 Å². The van der Waals surface area contributed by atoms with Crippen molar-refractivity contribution in [2.75, 3.05) is 30.5 Å². The highest BCUT2D eigenvalue weighted by molar-refractivity contribution is 5.91. The minimum Gasteiger partial charge on any atom is -0.489 e. The van der Waals surface area contributed by atoms with E-state index in [4.69, 9.17) is 14.2 Å². The first-order valence-electron chi connectivity index (χ1n) is 7.71. The summed E-state index contributed by atoms with van der Waals surface area (Å²) in [5.41, 5.74) is -0.245. The number of ether oxygens (including phenoxy) is 3. The Morgan fingerprint density at radius 3 is 2.58 bits per heavy atom. The molecule has 0 bridgehead atoms. The van der Waals surface area contributed by atoms with E-state index in [1.165, 1.54) is 19.2 Å². The molecule has 24 heavy (non-hydrogen) atoms. The number of amides is 2. The molecular formula is C16H23N3O5. The fraction of sp³-hybridized carbons (Fsp3) is 0.562. The van der Waals surface area contributed by atoms with Crippen LogP contribution in [0.5, 0.6) is 5.75 Å². The van der Waals surface area contributed by atoms with Crippen molar-refractivity contribution in [3.63, 3.8) is 0 Å². The van der Waals surface area contributed by atoms with Crippen molar-refractivity contribution < 1.29 is 23.8 Å². The van der Waals surface area contributed by atoms with E-state index in [0.717, 1.165) is 0 Å². The summed E-state index contributed by atoms with van der Waals surface area (Å²) in [6.45, 7) is 8.48. The molecule has 8 heteroatoms. The summed E-state index contributed by atoms with van der Waals surface area (Å²) in [5, 5.41) is 5.20. The predicted octanol–water partition coefficient (Wildman–Crippen LogP) is 2.41. The SMILES string of the molecule is CC(=O)Nc1cc(NC(=O)OC(C)(C)C)c(OCC2COC2)cn1. The van der Waals surface area contributed by atoms with E-state index in [9.17, 15) is 9.59 Å². The maximum atomic E-state index is 12.0. The fourth-order valence-corrected chi connectivity index (χ4v) is 1.91. The Bertz CT molecular complexity index is 608. The zero-order chi connectivity index (χ0) is 17.7. The number of carbonyl (C=O) groups is 2. The molecule has 2 rings (SSSR count). The van der Waals surface area contributed by atoms with E-state index in [1.54, 1.807) is 20.8 Å². The van der Waals surface area contributed by atoms with Gasteiger partial charge in [-0.1, -0.05) is 0 Å². The standard InChI is InChI=1S/C16H23N3O5/c1-10(20)18-14-5-12(19-15(21)24-16(2,3)4)13(6-17-14)23-9-11-7-22-8-11/h5-6,11H,7-9H2,1-4H3,(H2,17,18,19,20,21). The van der Waals surface area contributed by atoms with Crippen LogP contribution in [0.15, 0.2) is 12.3 Å². The number of pyridine rings is 1. The lowest BCUT2D eigenvalue weighted by molar-refractivity contribution is -0.114. The first kappa shape index (κ1) is 18.0. The molecule has 0 atom stereocenters. The van der Waals surface area contributed by atoms with Crippen molar-refractivity contribution in [2.45, 2.75) is 33.3 Å². The third-order valence-electron chi connectivity index (χ3n) is 2.99. The summed E-state index contributed by atoms with van der Waals surface area (Å²) in [6.07, 6.45) is 0.844. The van der Waals surface area contributed by atoms with Gasteiger partial charge >= 0.3 is 6.09 Å². The van der Waals surface area contributed by atoms with Gasteiger partial charge in [0.05, 0.1) is 31.7 Å². The molecule has 132 valence electrons. The lowest BCUT2D eigenvalue weighted by atomic mass is 10.1. The summed E-state index contributed by atoms with van der Waals surface area (Å²) in [5.74, 6) is 0.787. The Hall–Kier alpha value is -2.35. The van der Waals surface area contributed by atoms with Gasteiger partial charge in [0.2, 0.25) is 5.91 Å². The van der Waals surface area contributed by atoms with E-state index < -0.39 is 11.7 Å². The molecule has 1 aromatic heterocycles. The van der Waals surface area contributed by atoms with Crippen LogP contribution in [0.4, 0.5) is 16.3 Å². The van der Waals surface area contributed by atoms with Crippen molar-refractivity contribution in [1.82, 2.24) is 4.98 Å². The Labute approximate surface area is 140 Å². The minimum absolute atomic E-state index is 0.258. The Morgan fingerprint density at radius 2 is 2.04 bits per heavy atom. The van der Waals surface area contributed by atoms with Gasteiger partial charge in [-0.05, 0) is 20.8 Å². The second kappa shape index (κ2) is 7.48. The van der Waals surface area contributed by atoms with Crippen LogP contribution in [0.3, 0.4) is 0 Å². The van der Waals surface area contributed by atoms with Gasteiger partial charge < -0.3 is 19.5 Å². The maximum absolute atomic E-state index is 12.0. The highest BCUT2D eigenvalue weighted by Gasteiger charge is 2.21. The van der Waals surface area contributed by atoms with Gasteiger partial charge in [-0.15, -0.1) is 0 Å². The number of hydrogen-bond acceptors (Lipinski definition) is 6. The zero-order valence-corrected chi connectivity index (χ0v) is 14.3. The molecule has 1 aromatic rings. The van der Waals surface area contributed by atoms with Crippen molar-refractivity contribution in [3.8, 4) is 5.75 Å². The smallest absolute Gasteiger partial charge is 0.412 e. The number of nitrogens with one attached hydrogen (secondary N) is 2. The summed E-state index contributed by atoms with van der Waals surface area (Å²) >= 11 is 0. The summed E-state index contributed by atoms with van der Waals surface area (Å²) < 4.78 is 16.1. The molecule has 1 aliphatic rings. The monoisotopic (exact) mass is 337 g/mol. The van der Waals surface area contributed by atoms with Gasteiger partial charge in [0.1, 0.15) is 11.4 Å². The number of anilines is 2. The van der Waals surface area contributed by atoms with Gasteiger partial charge in [0, 0.05) is 18.9 Å². The molecule has 0 saturated carbocycles. The molecule has 2 amide bonds. The topological polar surface area (TPSA) is 98.8 Å². The molecule has 0 spiro atoms. The Morgan fingerprint density at radius 1 is 1.33 bits per heavy atom. The summed E-state index contributed by atoms with van der Waals surface area (Å²) in [6, 6.07) is 1.53. The normalized spacial score (nSPS) is 14.5. The average Bonchev–Trinajstić information content (AvgIpc) is 2.36. The molecule has 1 fully saturated rings. The predicted molar refractivity (Wildman–Crippen MR) is 88.2 cm³/mol. The van der Waals surface area contributed by atoms with Gasteiger partial charge in [-0.2, -0.15) is 0 Å². The molecule has 0 unspecified atom stereocenters. The second-order valence-corrected chi connectivity index (χ2v) is 6.59. The van der Waals surface area contributed by atoms with Gasteiger partial charge in [-0.3, -0.25) is 10.1 Å². The Balaban J connectivity index is 2.11. The van der Waals surface area contributed by atoms with E-state index in [2.05, 4.69) is 15.6 Å². The number of rotatable bonds is 5. The third-order valence-corrected chi connectivity index (χ3v) is 2.99. The van der Waals surface area contributed by atoms with Gasteiger partial charge in [-0.25, -0.2) is 9.78 Å². The van der Waals surface area contributed by atoms with Crippen LogP contribution >= 0.6 is 0 Å². The first-order valence-corrected chi connectivity index (χ1v) is 7.71.